The van der Waals surface area contributed by atoms with E-state index in [9.17, 15) is 5.11 Å². The third-order valence-corrected chi connectivity index (χ3v) is 3.51. The highest BCUT2D eigenvalue weighted by Gasteiger charge is 2.12. The molecule has 2 nitrogen and oxygen atoms in total. The van der Waals surface area contributed by atoms with Crippen LogP contribution < -0.4 is 5.32 Å². The number of halogens is 1. The van der Waals surface area contributed by atoms with Crippen LogP contribution in [-0.2, 0) is 6.54 Å². The van der Waals surface area contributed by atoms with E-state index < -0.39 is 0 Å². The average Bonchev–Trinajstić information content (AvgIpc) is 2.32. The maximum atomic E-state index is 9.31. The van der Waals surface area contributed by atoms with Crippen molar-refractivity contribution in [1.82, 2.24) is 5.32 Å². The second kappa shape index (κ2) is 5.55. The second-order valence-electron chi connectivity index (χ2n) is 4.50. The minimum absolute atomic E-state index is 0.156. The van der Waals surface area contributed by atoms with E-state index in [4.69, 9.17) is 11.6 Å². The van der Waals surface area contributed by atoms with E-state index in [0.717, 1.165) is 12.1 Å². The Morgan fingerprint density at radius 1 is 1.25 bits per heavy atom. The summed E-state index contributed by atoms with van der Waals surface area (Å²) in [6.07, 6.45) is 6.63. The number of aromatic hydroxyl groups is 1. The van der Waals surface area contributed by atoms with E-state index in [-0.39, 0.29) is 5.75 Å². The minimum Gasteiger partial charge on any atom is -0.506 e. The molecule has 0 aliphatic heterocycles. The second-order valence-corrected chi connectivity index (χ2v) is 4.91. The van der Waals surface area contributed by atoms with E-state index in [0.29, 0.717) is 11.1 Å². The predicted octanol–water partition coefficient (Wildman–Crippen LogP) is 3.47. The first kappa shape index (κ1) is 11.7. The summed E-state index contributed by atoms with van der Waals surface area (Å²) in [6, 6.07) is 6.05. The minimum atomic E-state index is 0.156. The van der Waals surface area contributed by atoms with Gasteiger partial charge in [0.15, 0.2) is 0 Å². The van der Waals surface area contributed by atoms with Crippen LogP contribution in [0.3, 0.4) is 0 Å². The van der Waals surface area contributed by atoms with Gasteiger partial charge in [-0.1, -0.05) is 36.9 Å². The van der Waals surface area contributed by atoms with Crippen LogP contribution in [0.2, 0.25) is 5.02 Å². The van der Waals surface area contributed by atoms with Gasteiger partial charge in [-0.2, -0.15) is 0 Å². The van der Waals surface area contributed by atoms with Gasteiger partial charge in [-0.05, 0) is 30.5 Å². The van der Waals surface area contributed by atoms with Crippen molar-refractivity contribution in [2.45, 2.75) is 44.7 Å². The van der Waals surface area contributed by atoms with Gasteiger partial charge < -0.3 is 10.4 Å². The molecule has 1 aliphatic carbocycles. The third kappa shape index (κ3) is 3.13. The number of phenols is 1. The van der Waals surface area contributed by atoms with E-state index in [1.165, 1.54) is 32.1 Å². The lowest BCUT2D eigenvalue weighted by Crippen LogP contribution is -2.30. The molecule has 1 fully saturated rings. The van der Waals surface area contributed by atoms with Crippen molar-refractivity contribution in [3.63, 3.8) is 0 Å². The van der Waals surface area contributed by atoms with Gasteiger partial charge in [0, 0.05) is 12.6 Å². The van der Waals surface area contributed by atoms with Crippen LogP contribution in [0.5, 0.6) is 5.75 Å². The zero-order chi connectivity index (χ0) is 11.4. The summed E-state index contributed by atoms with van der Waals surface area (Å²) in [5.74, 6) is 0.156. The Hall–Kier alpha value is -0.730. The Morgan fingerprint density at radius 3 is 2.69 bits per heavy atom. The van der Waals surface area contributed by atoms with Crippen LogP contribution >= 0.6 is 11.6 Å². The fourth-order valence-electron chi connectivity index (χ4n) is 2.23. The molecular weight excluding hydrogens is 222 g/mol. The summed E-state index contributed by atoms with van der Waals surface area (Å²) in [5.41, 5.74) is 1.13. The number of rotatable bonds is 3. The Morgan fingerprint density at radius 2 is 2.00 bits per heavy atom. The molecule has 2 rings (SSSR count). The van der Waals surface area contributed by atoms with Crippen LogP contribution in [0.25, 0.3) is 0 Å². The zero-order valence-corrected chi connectivity index (χ0v) is 10.1. The lowest BCUT2D eigenvalue weighted by atomic mass is 9.95. The largest absolute Gasteiger partial charge is 0.506 e. The van der Waals surface area contributed by atoms with Gasteiger partial charge in [0.1, 0.15) is 5.75 Å². The van der Waals surface area contributed by atoms with Crippen LogP contribution in [0.1, 0.15) is 37.7 Å². The lowest BCUT2D eigenvalue weighted by molar-refractivity contribution is 0.372. The molecule has 1 saturated carbocycles. The molecule has 16 heavy (non-hydrogen) atoms. The average molecular weight is 240 g/mol. The maximum absolute atomic E-state index is 9.31. The molecule has 1 aromatic carbocycles. The van der Waals surface area contributed by atoms with Crippen molar-refractivity contribution in [3.05, 3.63) is 28.8 Å². The van der Waals surface area contributed by atoms with Crippen LogP contribution in [0.4, 0.5) is 0 Å². The smallest absolute Gasteiger partial charge is 0.134 e. The van der Waals surface area contributed by atoms with E-state index in [2.05, 4.69) is 5.32 Å². The Labute approximate surface area is 102 Å². The lowest BCUT2D eigenvalue weighted by Gasteiger charge is -2.22. The molecule has 2 N–H and O–H groups in total. The van der Waals surface area contributed by atoms with Crippen LogP contribution in [0.15, 0.2) is 18.2 Å². The fraction of sp³-hybridized carbons (Fsp3) is 0.538. The molecule has 0 aromatic heterocycles. The molecule has 0 spiro atoms. The molecule has 0 heterocycles. The van der Waals surface area contributed by atoms with Gasteiger partial charge in [0.2, 0.25) is 0 Å². The maximum Gasteiger partial charge on any atom is 0.134 e. The first-order valence-corrected chi connectivity index (χ1v) is 6.34. The molecular formula is C13H18ClNO. The summed E-state index contributed by atoms with van der Waals surface area (Å²) in [6.45, 7) is 0.838. The molecule has 0 unspecified atom stereocenters. The molecule has 1 aromatic rings. The normalized spacial score (nSPS) is 17.6. The van der Waals surface area contributed by atoms with Gasteiger partial charge in [-0.15, -0.1) is 0 Å². The van der Waals surface area contributed by atoms with Crippen molar-refractivity contribution in [3.8, 4) is 5.75 Å². The van der Waals surface area contributed by atoms with E-state index in [1.807, 2.05) is 12.1 Å². The topological polar surface area (TPSA) is 32.3 Å². The molecule has 0 amide bonds. The fourth-order valence-corrected chi connectivity index (χ4v) is 2.43. The molecule has 1 aliphatic rings. The van der Waals surface area contributed by atoms with Crippen molar-refractivity contribution in [2.24, 2.45) is 0 Å². The zero-order valence-electron chi connectivity index (χ0n) is 9.38. The Balaban J connectivity index is 1.86. The number of benzene rings is 1. The van der Waals surface area contributed by atoms with Gasteiger partial charge in [-0.3, -0.25) is 0 Å². The highest BCUT2D eigenvalue weighted by atomic mass is 35.5. The first-order valence-electron chi connectivity index (χ1n) is 5.96. The number of hydrogen-bond acceptors (Lipinski definition) is 2. The summed E-state index contributed by atoms with van der Waals surface area (Å²) in [4.78, 5) is 0. The van der Waals surface area contributed by atoms with Gasteiger partial charge in [-0.25, -0.2) is 0 Å². The van der Waals surface area contributed by atoms with Crippen LogP contribution in [-0.4, -0.2) is 11.1 Å². The highest BCUT2D eigenvalue weighted by Crippen LogP contribution is 2.24. The monoisotopic (exact) mass is 239 g/mol. The van der Waals surface area contributed by atoms with Crippen LogP contribution in [0, 0.1) is 0 Å². The Bertz CT molecular complexity index is 348. The summed E-state index contributed by atoms with van der Waals surface area (Å²) >= 11 is 5.86. The number of phenolic OH excluding ortho intramolecular Hbond substituents is 1. The summed E-state index contributed by atoms with van der Waals surface area (Å²) < 4.78 is 0. The quantitative estimate of drug-likeness (QED) is 0.847. The van der Waals surface area contributed by atoms with Crippen molar-refractivity contribution < 1.29 is 5.11 Å². The van der Waals surface area contributed by atoms with E-state index >= 15 is 0 Å². The SMILES string of the molecule is Oc1ccc(CNC2CCCCC2)cc1Cl. The number of hydrogen-bond donors (Lipinski definition) is 2. The standard InChI is InChI=1S/C13H18ClNO/c14-12-8-10(6-7-13(12)16)9-15-11-4-2-1-3-5-11/h6-8,11,15-16H,1-5,9H2. The molecule has 0 bridgehead atoms. The molecule has 0 radical (unpaired) electrons. The summed E-state index contributed by atoms with van der Waals surface area (Å²) in [7, 11) is 0. The summed E-state index contributed by atoms with van der Waals surface area (Å²) in [5, 5.41) is 13.3. The van der Waals surface area contributed by atoms with E-state index in [1.54, 1.807) is 6.07 Å². The molecule has 3 heteroatoms. The van der Waals surface area contributed by atoms with Crippen molar-refractivity contribution >= 4 is 11.6 Å². The van der Waals surface area contributed by atoms with Gasteiger partial charge in [0.25, 0.3) is 0 Å². The highest BCUT2D eigenvalue weighted by molar-refractivity contribution is 6.32. The van der Waals surface area contributed by atoms with Crippen molar-refractivity contribution in [2.75, 3.05) is 0 Å². The third-order valence-electron chi connectivity index (χ3n) is 3.21. The molecule has 0 atom stereocenters. The first-order chi connectivity index (χ1) is 7.75. The Kier molecular flexibility index (Phi) is 4.08. The van der Waals surface area contributed by atoms with Gasteiger partial charge in [0.05, 0.1) is 5.02 Å². The molecule has 88 valence electrons. The number of nitrogens with one attached hydrogen (secondary N) is 1. The molecule has 0 saturated heterocycles. The predicted molar refractivity (Wildman–Crippen MR) is 66.8 cm³/mol. The van der Waals surface area contributed by atoms with Gasteiger partial charge >= 0.3 is 0 Å². The van der Waals surface area contributed by atoms with Crippen molar-refractivity contribution in [1.29, 1.82) is 0 Å².